The highest BCUT2D eigenvalue weighted by Crippen LogP contribution is 2.21. The molecule has 0 radical (unpaired) electrons. The number of ketones is 1. The first-order chi connectivity index (χ1) is 9.61. The minimum Gasteiger partial charge on any atom is -0.494 e. The molecule has 0 N–H and O–H groups in total. The SMILES string of the molecule is COc1cccc(CC(=O)Cc2ccccc2Cl)c1F. The van der Waals surface area contributed by atoms with E-state index < -0.39 is 5.82 Å². The number of carbonyl (C=O) groups excluding carboxylic acids is 1. The van der Waals surface area contributed by atoms with Crippen molar-refractivity contribution < 1.29 is 13.9 Å². The van der Waals surface area contributed by atoms with Crippen molar-refractivity contribution in [2.24, 2.45) is 0 Å². The second-order valence-corrected chi connectivity index (χ2v) is 4.82. The van der Waals surface area contributed by atoms with E-state index in [9.17, 15) is 9.18 Å². The van der Waals surface area contributed by atoms with Crippen LogP contribution in [0.2, 0.25) is 5.02 Å². The zero-order valence-electron chi connectivity index (χ0n) is 11.0. The quantitative estimate of drug-likeness (QED) is 0.837. The minimum atomic E-state index is -0.484. The highest BCUT2D eigenvalue weighted by atomic mass is 35.5. The van der Waals surface area contributed by atoms with Gasteiger partial charge in [0.15, 0.2) is 11.6 Å². The zero-order chi connectivity index (χ0) is 14.5. The van der Waals surface area contributed by atoms with Crippen LogP contribution >= 0.6 is 11.6 Å². The first kappa shape index (κ1) is 14.5. The van der Waals surface area contributed by atoms with Gasteiger partial charge >= 0.3 is 0 Å². The predicted molar refractivity (Wildman–Crippen MR) is 76.8 cm³/mol. The van der Waals surface area contributed by atoms with Gasteiger partial charge in [-0.1, -0.05) is 41.9 Å². The number of ether oxygens (including phenoxy) is 1. The van der Waals surface area contributed by atoms with Crippen molar-refractivity contribution in [1.29, 1.82) is 0 Å². The van der Waals surface area contributed by atoms with Crippen LogP contribution in [0.1, 0.15) is 11.1 Å². The topological polar surface area (TPSA) is 26.3 Å². The molecule has 0 spiro atoms. The molecule has 4 heteroatoms. The molecule has 0 aromatic heterocycles. The zero-order valence-corrected chi connectivity index (χ0v) is 11.8. The van der Waals surface area contributed by atoms with Gasteiger partial charge in [0.2, 0.25) is 0 Å². The molecule has 0 aliphatic rings. The van der Waals surface area contributed by atoms with E-state index in [0.29, 0.717) is 10.6 Å². The van der Waals surface area contributed by atoms with Crippen LogP contribution in [0.25, 0.3) is 0 Å². The molecule has 0 amide bonds. The van der Waals surface area contributed by atoms with E-state index in [0.717, 1.165) is 5.56 Å². The Hall–Kier alpha value is -1.87. The highest BCUT2D eigenvalue weighted by molar-refractivity contribution is 6.31. The lowest BCUT2D eigenvalue weighted by Gasteiger charge is -2.07. The monoisotopic (exact) mass is 292 g/mol. The maximum Gasteiger partial charge on any atom is 0.168 e. The van der Waals surface area contributed by atoms with Crippen LogP contribution in [0.5, 0.6) is 5.75 Å². The molecule has 2 rings (SSSR count). The van der Waals surface area contributed by atoms with Gasteiger partial charge in [-0.25, -0.2) is 4.39 Å². The second-order valence-electron chi connectivity index (χ2n) is 4.42. The van der Waals surface area contributed by atoms with Gasteiger partial charge in [0, 0.05) is 17.9 Å². The molecule has 104 valence electrons. The fraction of sp³-hybridized carbons (Fsp3) is 0.188. The summed E-state index contributed by atoms with van der Waals surface area (Å²) in [6.45, 7) is 0. The average molecular weight is 293 g/mol. The fourth-order valence-corrected chi connectivity index (χ4v) is 2.18. The van der Waals surface area contributed by atoms with Gasteiger partial charge in [-0.3, -0.25) is 4.79 Å². The van der Waals surface area contributed by atoms with Crippen LogP contribution in [0.4, 0.5) is 4.39 Å². The second kappa shape index (κ2) is 6.53. The lowest BCUT2D eigenvalue weighted by atomic mass is 10.0. The number of rotatable bonds is 5. The summed E-state index contributed by atoms with van der Waals surface area (Å²) in [5, 5.41) is 0.548. The van der Waals surface area contributed by atoms with E-state index in [4.69, 9.17) is 16.3 Å². The van der Waals surface area contributed by atoms with E-state index in [-0.39, 0.29) is 24.4 Å². The van der Waals surface area contributed by atoms with Gasteiger partial charge in [0.1, 0.15) is 5.78 Å². The normalized spacial score (nSPS) is 10.3. The molecular formula is C16H14ClFO2. The lowest BCUT2D eigenvalue weighted by molar-refractivity contribution is -0.117. The Balaban J connectivity index is 2.11. The van der Waals surface area contributed by atoms with Crippen LogP contribution in [0, 0.1) is 5.82 Å². The maximum absolute atomic E-state index is 13.9. The van der Waals surface area contributed by atoms with Crippen LogP contribution in [0.3, 0.4) is 0 Å². The van der Waals surface area contributed by atoms with Crippen LogP contribution in [0.15, 0.2) is 42.5 Å². The number of halogens is 2. The number of Topliss-reactive ketones (excluding diaryl/α,β-unsaturated/α-hetero) is 1. The maximum atomic E-state index is 13.9. The van der Waals surface area contributed by atoms with Crippen molar-refractivity contribution in [2.45, 2.75) is 12.8 Å². The average Bonchev–Trinajstić information content (AvgIpc) is 2.44. The summed E-state index contributed by atoms with van der Waals surface area (Å²) in [5.74, 6) is -0.430. The number of carbonyl (C=O) groups is 1. The van der Waals surface area contributed by atoms with E-state index in [2.05, 4.69) is 0 Å². The molecule has 0 aliphatic heterocycles. The minimum absolute atomic E-state index is 0.0221. The van der Waals surface area contributed by atoms with Gasteiger partial charge in [-0.05, 0) is 23.3 Å². The molecule has 0 saturated carbocycles. The van der Waals surface area contributed by atoms with E-state index in [1.54, 1.807) is 30.3 Å². The summed E-state index contributed by atoms with van der Waals surface area (Å²) in [6, 6.07) is 11.9. The molecule has 0 aliphatic carbocycles. The third-order valence-electron chi connectivity index (χ3n) is 3.00. The standard InChI is InChI=1S/C16H14ClFO2/c1-20-15-8-4-6-12(16(15)18)10-13(19)9-11-5-2-3-7-14(11)17/h2-8H,9-10H2,1H3. The number of hydrogen-bond donors (Lipinski definition) is 0. The van der Waals surface area contributed by atoms with Crippen molar-refractivity contribution in [3.8, 4) is 5.75 Å². The Kier molecular flexibility index (Phi) is 4.74. The summed E-state index contributed by atoms with van der Waals surface area (Å²) in [5.41, 5.74) is 1.09. The molecule has 0 fully saturated rings. The first-order valence-corrected chi connectivity index (χ1v) is 6.56. The summed E-state index contributed by atoms with van der Waals surface area (Å²) >= 11 is 6.00. The van der Waals surface area contributed by atoms with Gasteiger partial charge < -0.3 is 4.74 Å². The van der Waals surface area contributed by atoms with Crippen molar-refractivity contribution in [3.05, 3.63) is 64.4 Å². The Morgan fingerprint density at radius 2 is 1.75 bits per heavy atom. The summed E-state index contributed by atoms with van der Waals surface area (Å²) in [4.78, 5) is 12.0. The fourth-order valence-electron chi connectivity index (χ4n) is 1.98. The Bertz CT molecular complexity index is 626. The van der Waals surface area contributed by atoms with Crippen LogP contribution in [-0.2, 0) is 17.6 Å². The predicted octanol–water partition coefficient (Wildman–Crippen LogP) is 3.84. The third kappa shape index (κ3) is 3.36. The van der Waals surface area contributed by atoms with Crippen molar-refractivity contribution in [3.63, 3.8) is 0 Å². The van der Waals surface area contributed by atoms with Gasteiger partial charge in [0.05, 0.1) is 7.11 Å². The van der Waals surface area contributed by atoms with Gasteiger partial charge in [-0.2, -0.15) is 0 Å². The van der Waals surface area contributed by atoms with Crippen LogP contribution in [-0.4, -0.2) is 12.9 Å². The molecule has 0 bridgehead atoms. The Morgan fingerprint density at radius 1 is 1.10 bits per heavy atom. The first-order valence-electron chi connectivity index (χ1n) is 6.18. The number of benzene rings is 2. The number of hydrogen-bond acceptors (Lipinski definition) is 2. The van der Waals surface area contributed by atoms with E-state index >= 15 is 0 Å². The largest absolute Gasteiger partial charge is 0.494 e. The molecule has 0 unspecified atom stereocenters. The molecule has 20 heavy (non-hydrogen) atoms. The Labute approximate surface area is 122 Å². The molecule has 2 nitrogen and oxygen atoms in total. The van der Waals surface area contributed by atoms with E-state index in [1.807, 2.05) is 6.07 Å². The van der Waals surface area contributed by atoms with Crippen molar-refractivity contribution in [2.75, 3.05) is 7.11 Å². The summed E-state index contributed by atoms with van der Waals surface area (Å²) in [6.07, 6.45) is 0.213. The molecule has 2 aromatic rings. The van der Waals surface area contributed by atoms with Crippen molar-refractivity contribution >= 4 is 17.4 Å². The molecule has 0 atom stereocenters. The van der Waals surface area contributed by atoms with Crippen molar-refractivity contribution in [1.82, 2.24) is 0 Å². The highest BCUT2D eigenvalue weighted by Gasteiger charge is 2.13. The van der Waals surface area contributed by atoms with E-state index in [1.165, 1.54) is 13.2 Å². The molecular weight excluding hydrogens is 279 g/mol. The molecule has 0 saturated heterocycles. The van der Waals surface area contributed by atoms with Gasteiger partial charge in [-0.15, -0.1) is 0 Å². The number of methoxy groups -OCH3 is 1. The molecule has 0 heterocycles. The lowest BCUT2D eigenvalue weighted by Crippen LogP contribution is -2.08. The smallest absolute Gasteiger partial charge is 0.168 e. The molecule has 2 aromatic carbocycles. The van der Waals surface area contributed by atoms with Crippen LogP contribution < -0.4 is 4.74 Å². The summed E-state index contributed by atoms with van der Waals surface area (Å²) in [7, 11) is 1.40. The van der Waals surface area contributed by atoms with Gasteiger partial charge in [0.25, 0.3) is 0 Å². The third-order valence-corrected chi connectivity index (χ3v) is 3.36. The summed E-state index contributed by atoms with van der Waals surface area (Å²) < 4.78 is 18.8. The Morgan fingerprint density at radius 3 is 2.45 bits per heavy atom.